The number of nitrogens with zero attached hydrogens (tertiary/aromatic N) is 1. The first-order valence-corrected chi connectivity index (χ1v) is 9.19. The fourth-order valence-electron chi connectivity index (χ4n) is 2.72. The van der Waals surface area contributed by atoms with Crippen molar-refractivity contribution in [2.75, 3.05) is 5.32 Å². The van der Waals surface area contributed by atoms with Crippen molar-refractivity contribution in [3.8, 4) is 0 Å². The van der Waals surface area contributed by atoms with E-state index in [1.807, 2.05) is 38.1 Å². The van der Waals surface area contributed by atoms with E-state index in [0.717, 1.165) is 16.7 Å². The van der Waals surface area contributed by atoms with Gasteiger partial charge in [-0.25, -0.2) is 4.98 Å². The molecule has 5 nitrogen and oxygen atoms in total. The number of rotatable bonds is 5. The van der Waals surface area contributed by atoms with Gasteiger partial charge in [0.15, 0.2) is 0 Å². The molecule has 0 saturated heterocycles. The summed E-state index contributed by atoms with van der Waals surface area (Å²) in [5.74, 6) is -0.723. The largest absolute Gasteiger partial charge is 0.347 e. The normalized spacial score (nSPS) is 10.4. The van der Waals surface area contributed by atoms with Crippen molar-refractivity contribution < 1.29 is 9.59 Å². The number of anilines is 1. The Hall–Kier alpha value is -3.18. The highest BCUT2D eigenvalue weighted by molar-refractivity contribution is 6.30. The van der Waals surface area contributed by atoms with E-state index in [4.69, 9.17) is 11.6 Å². The first-order valence-electron chi connectivity index (χ1n) is 8.81. The molecule has 6 heteroatoms. The SMILES string of the molecule is Cc1ccccc1CNC(=O)c1cccc(C(=O)Nc2ccc(Cl)cc2C)n1. The Kier molecular flexibility index (Phi) is 6.06. The van der Waals surface area contributed by atoms with Gasteiger partial charge in [-0.15, -0.1) is 0 Å². The van der Waals surface area contributed by atoms with Gasteiger partial charge in [0.25, 0.3) is 11.8 Å². The quantitative estimate of drug-likeness (QED) is 0.668. The maximum atomic E-state index is 12.5. The molecule has 0 bridgehead atoms. The van der Waals surface area contributed by atoms with Gasteiger partial charge in [-0.3, -0.25) is 9.59 Å². The number of aromatic nitrogens is 1. The highest BCUT2D eigenvalue weighted by atomic mass is 35.5. The molecular formula is C22H20ClN3O2. The fraction of sp³-hybridized carbons (Fsp3) is 0.136. The third-order valence-electron chi connectivity index (χ3n) is 4.35. The Morgan fingerprint density at radius 1 is 0.893 bits per heavy atom. The van der Waals surface area contributed by atoms with Crippen LogP contribution in [0.5, 0.6) is 0 Å². The molecule has 0 aliphatic heterocycles. The van der Waals surface area contributed by atoms with Crippen molar-refractivity contribution in [3.63, 3.8) is 0 Å². The van der Waals surface area contributed by atoms with Crippen LogP contribution in [0.3, 0.4) is 0 Å². The van der Waals surface area contributed by atoms with Crippen molar-refractivity contribution in [2.24, 2.45) is 0 Å². The predicted molar refractivity (Wildman–Crippen MR) is 111 cm³/mol. The van der Waals surface area contributed by atoms with Gasteiger partial charge in [0.1, 0.15) is 11.4 Å². The van der Waals surface area contributed by atoms with Gasteiger partial charge in [-0.05, 0) is 60.9 Å². The van der Waals surface area contributed by atoms with Crippen molar-refractivity contribution in [1.82, 2.24) is 10.3 Å². The van der Waals surface area contributed by atoms with E-state index in [2.05, 4.69) is 15.6 Å². The predicted octanol–water partition coefficient (Wildman–Crippen LogP) is 4.53. The molecule has 2 aromatic carbocycles. The van der Waals surface area contributed by atoms with Crippen LogP contribution in [0.2, 0.25) is 5.02 Å². The highest BCUT2D eigenvalue weighted by Gasteiger charge is 2.13. The molecular weight excluding hydrogens is 374 g/mol. The van der Waals surface area contributed by atoms with Crippen LogP contribution in [0.4, 0.5) is 5.69 Å². The third-order valence-corrected chi connectivity index (χ3v) is 4.59. The summed E-state index contributed by atoms with van der Waals surface area (Å²) in [5.41, 5.74) is 3.97. The molecule has 0 aliphatic rings. The summed E-state index contributed by atoms with van der Waals surface area (Å²) in [5, 5.41) is 6.23. The summed E-state index contributed by atoms with van der Waals surface area (Å²) in [7, 11) is 0. The lowest BCUT2D eigenvalue weighted by atomic mass is 10.1. The van der Waals surface area contributed by atoms with Crippen LogP contribution in [0, 0.1) is 13.8 Å². The zero-order valence-electron chi connectivity index (χ0n) is 15.6. The standard InChI is InChI=1S/C22H20ClN3O2/c1-14-6-3-4-7-16(14)13-24-21(27)19-8-5-9-20(25-19)22(28)26-18-11-10-17(23)12-15(18)2/h3-12H,13H2,1-2H3,(H,24,27)(H,26,28). The van der Waals surface area contributed by atoms with Gasteiger partial charge in [0, 0.05) is 17.3 Å². The summed E-state index contributed by atoms with van der Waals surface area (Å²) >= 11 is 5.94. The lowest BCUT2D eigenvalue weighted by Gasteiger charge is -2.10. The molecule has 0 saturated carbocycles. The lowest BCUT2D eigenvalue weighted by molar-refractivity contribution is 0.0945. The van der Waals surface area contributed by atoms with E-state index in [9.17, 15) is 9.59 Å². The lowest BCUT2D eigenvalue weighted by Crippen LogP contribution is -2.25. The average molecular weight is 394 g/mol. The molecule has 0 atom stereocenters. The molecule has 3 aromatic rings. The fourth-order valence-corrected chi connectivity index (χ4v) is 2.94. The first kappa shape index (κ1) is 19.6. The van der Waals surface area contributed by atoms with Gasteiger partial charge < -0.3 is 10.6 Å². The Morgan fingerprint density at radius 3 is 2.32 bits per heavy atom. The van der Waals surface area contributed by atoms with Gasteiger partial charge in [0.05, 0.1) is 0 Å². The number of amides is 2. The zero-order chi connectivity index (χ0) is 20.1. The van der Waals surface area contributed by atoms with Crippen LogP contribution in [-0.4, -0.2) is 16.8 Å². The Balaban J connectivity index is 1.69. The number of pyridine rings is 1. The van der Waals surface area contributed by atoms with Crippen molar-refractivity contribution in [1.29, 1.82) is 0 Å². The second-order valence-electron chi connectivity index (χ2n) is 6.43. The first-order chi connectivity index (χ1) is 13.4. The van der Waals surface area contributed by atoms with Gasteiger partial charge in [-0.2, -0.15) is 0 Å². The molecule has 142 valence electrons. The number of carbonyl (C=O) groups is 2. The maximum absolute atomic E-state index is 12.5. The van der Waals surface area contributed by atoms with E-state index in [-0.39, 0.29) is 23.2 Å². The number of halogens is 1. The number of hydrogen-bond acceptors (Lipinski definition) is 3. The summed E-state index contributed by atoms with van der Waals surface area (Å²) in [6.45, 7) is 4.24. The Labute approximate surface area is 168 Å². The molecule has 2 N–H and O–H groups in total. The number of nitrogens with one attached hydrogen (secondary N) is 2. The van der Waals surface area contributed by atoms with E-state index in [0.29, 0.717) is 17.3 Å². The molecule has 1 heterocycles. The highest BCUT2D eigenvalue weighted by Crippen LogP contribution is 2.20. The molecule has 0 fully saturated rings. The average Bonchev–Trinajstić information content (AvgIpc) is 2.69. The van der Waals surface area contributed by atoms with E-state index < -0.39 is 0 Å². The van der Waals surface area contributed by atoms with Crippen LogP contribution < -0.4 is 10.6 Å². The minimum Gasteiger partial charge on any atom is -0.347 e. The topological polar surface area (TPSA) is 71.1 Å². The van der Waals surface area contributed by atoms with Crippen LogP contribution in [0.1, 0.15) is 37.7 Å². The maximum Gasteiger partial charge on any atom is 0.274 e. The minimum atomic E-state index is -0.390. The van der Waals surface area contributed by atoms with Crippen molar-refractivity contribution in [3.05, 3.63) is 93.8 Å². The number of benzene rings is 2. The second kappa shape index (κ2) is 8.67. The summed E-state index contributed by atoms with van der Waals surface area (Å²) in [6, 6.07) is 17.8. The third kappa shape index (κ3) is 4.75. The molecule has 0 spiro atoms. The van der Waals surface area contributed by atoms with E-state index in [1.165, 1.54) is 0 Å². The number of carbonyl (C=O) groups excluding carboxylic acids is 2. The Bertz CT molecular complexity index is 1030. The van der Waals surface area contributed by atoms with E-state index in [1.54, 1.807) is 36.4 Å². The smallest absolute Gasteiger partial charge is 0.274 e. The summed E-state index contributed by atoms with van der Waals surface area (Å²) < 4.78 is 0. The van der Waals surface area contributed by atoms with Crippen molar-refractivity contribution >= 4 is 29.1 Å². The molecule has 28 heavy (non-hydrogen) atoms. The molecule has 1 aromatic heterocycles. The van der Waals surface area contributed by atoms with Gasteiger partial charge in [-0.1, -0.05) is 41.9 Å². The molecule has 0 radical (unpaired) electrons. The number of hydrogen-bond donors (Lipinski definition) is 2. The molecule has 0 aliphatic carbocycles. The molecule has 0 unspecified atom stereocenters. The van der Waals surface area contributed by atoms with Crippen LogP contribution in [0.25, 0.3) is 0 Å². The summed E-state index contributed by atoms with van der Waals surface area (Å²) in [4.78, 5) is 29.1. The van der Waals surface area contributed by atoms with Gasteiger partial charge in [0.2, 0.25) is 0 Å². The van der Waals surface area contributed by atoms with Crippen LogP contribution >= 0.6 is 11.6 Å². The molecule has 2 amide bonds. The van der Waals surface area contributed by atoms with Gasteiger partial charge >= 0.3 is 0 Å². The molecule has 3 rings (SSSR count). The van der Waals surface area contributed by atoms with Crippen molar-refractivity contribution in [2.45, 2.75) is 20.4 Å². The second-order valence-corrected chi connectivity index (χ2v) is 6.87. The minimum absolute atomic E-state index is 0.165. The van der Waals surface area contributed by atoms with Crippen LogP contribution in [0.15, 0.2) is 60.7 Å². The number of aryl methyl sites for hydroxylation is 2. The monoisotopic (exact) mass is 393 g/mol. The van der Waals surface area contributed by atoms with E-state index >= 15 is 0 Å². The Morgan fingerprint density at radius 2 is 1.61 bits per heavy atom. The zero-order valence-corrected chi connectivity index (χ0v) is 16.4. The summed E-state index contributed by atoms with van der Waals surface area (Å²) in [6.07, 6.45) is 0. The van der Waals surface area contributed by atoms with Crippen LogP contribution in [-0.2, 0) is 6.54 Å².